The van der Waals surface area contributed by atoms with Gasteiger partial charge in [-0.05, 0) is 25.1 Å². The number of nitro benzene ring substituents is 1. The van der Waals surface area contributed by atoms with Crippen molar-refractivity contribution in [3.05, 3.63) is 75.3 Å². The molecule has 9 nitrogen and oxygen atoms in total. The van der Waals surface area contributed by atoms with Gasteiger partial charge in [0.2, 0.25) is 0 Å². The number of hydrogen-bond donors (Lipinski definition) is 2. The summed E-state index contributed by atoms with van der Waals surface area (Å²) < 4.78 is 4.98. The van der Waals surface area contributed by atoms with Crippen LogP contribution in [0.1, 0.15) is 21.7 Å². The van der Waals surface area contributed by atoms with Crippen LogP contribution >= 0.6 is 0 Å². The maximum Gasteiger partial charge on any atom is 0.338 e. The third kappa shape index (κ3) is 3.66. The summed E-state index contributed by atoms with van der Waals surface area (Å²) >= 11 is 0. The van der Waals surface area contributed by atoms with Crippen molar-refractivity contribution in [1.29, 1.82) is 5.26 Å². The second-order valence-electron chi connectivity index (χ2n) is 5.87. The van der Waals surface area contributed by atoms with Crippen molar-refractivity contribution in [3.63, 3.8) is 0 Å². The zero-order valence-electron chi connectivity index (χ0n) is 14.7. The molecule has 0 unspecified atom stereocenters. The van der Waals surface area contributed by atoms with Gasteiger partial charge in [-0.3, -0.25) is 10.1 Å². The molecule has 1 heterocycles. The minimum Gasteiger partial charge on any atom is -0.507 e. The molecule has 3 aromatic rings. The summed E-state index contributed by atoms with van der Waals surface area (Å²) in [5, 5.41) is 30.5. The monoisotopic (exact) mass is 378 g/mol. The number of para-hydroxylation sites is 2. The van der Waals surface area contributed by atoms with E-state index in [0.717, 1.165) is 6.07 Å². The first-order chi connectivity index (χ1) is 13.4. The molecule has 2 N–H and O–H groups in total. The third-order valence-corrected chi connectivity index (χ3v) is 4.01. The predicted molar refractivity (Wildman–Crippen MR) is 99.4 cm³/mol. The molecule has 0 saturated carbocycles. The zero-order valence-corrected chi connectivity index (χ0v) is 14.7. The highest BCUT2D eigenvalue weighted by atomic mass is 16.6. The first kappa shape index (κ1) is 18.6. The van der Waals surface area contributed by atoms with Gasteiger partial charge in [-0.25, -0.2) is 9.78 Å². The predicted octanol–water partition coefficient (Wildman–Crippen LogP) is 3.43. The van der Waals surface area contributed by atoms with Crippen LogP contribution in [0.2, 0.25) is 0 Å². The van der Waals surface area contributed by atoms with Crippen molar-refractivity contribution in [3.8, 4) is 6.07 Å². The highest BCUT2D eigenvalue weighted by Crippen LogP contribution is 2.21. The number of nitrogens with zero attached hydrogens (tertiary/aromatic N) is 3. The van der Waals surface area contributed by atoms with E-state index in [0.29, 0.717) is 16.6 Å². The van der Waals surface area contributed by atoms with Gasteiger partial charge in [-0.1, -0.05) is 18.2 Å². The molecule has 0 bridgehead atoms. The van der Waals surface area contributed by atoms with Crippen molar-refractivity contribution in [2.75, 3.05) is 6.61 Å². The maximum absolute atomic E-state index is 12.1. The molecule has 2 aromatic carbocycles. The summed E-state index contributed by atoms with van der Waals surface area (Å²) in [5.74, 6) is -1.21. The van der Waals surface area contributed by atoms with E-state index < -0.39 is 23.3 Å². The lowest BCUT2D eigenvalue weighted by molar-refractivity contribution is -0.385. The first-order valence-corrected chi connectivity index (χ1v) is 8.10. The molecular formula is C19H14N4O5. The summed E-state index contributed by atoms with van der Waals surface area (Å²) in [7, 11) is 0. The molecule has 0 aliphatic rings. The number of aromatic nitrogens is 2. The van der Waals surface area contributed by atoms with E-state index in [-0.39, 0.29) is 22.6 Å². The number of carbonyl (C=O) groups excluding carboxylic acids is 1. The summed E-state index contributed by atoms with van der Waals surface area (Å²) in [6, 6.07) is 12.8. The number of H-pyrrole nitrogens is 1. The van der Waals surface area contributed by atoms with Crippen LogP contribution in [0.5, 0.6) is 0 Å². The maximum atomic E-state index is 12.1. The lowest BCUT2D eigenvalue weighted by Gasteiger charge is -2.06. The van der Waals surface area contributed by atoms with E-state index in [1.807, 2.05) is 6.07 Å². The van der Waals surface area contributed by atoms with Gasteiger partial charge in [0.05, 0.1) is 21.5 Å². The number of carbonyl (C=O) groups is 1. The lowest BCUT2D eigenvalue weighted by Crippen LogP contribution is -2.10. The Labute approximate surface area is 158 Å². The van der Waals surface area contributed by atoms with Gasteiger partial charge in [0.25, 0.3) is 5.69 Å². The van der Waals surface area contributed by atoms with Crippen LogP contribution in [0, 0.1) is 28.4 Å². The van der Waals surface area contributed by atoms with Gasteiger partial charge in [-0.2, -0.15) is 5.26 Å². The molecule has 0 spiro atoms. The van der Waals surface area contributed by atoms with E-state index in [4.69, 9.17) is 4.74 Å². The first-order valence-electron chi connectivity index (χ1n) is 8.10. The topological polar surface area (TPSA) is 142 Å². The minimum absolute atomic E-state index is 0.0349. The Morgan fingerprint density at radius 1 is 1.36 bits per heavy atom. The number of nitro groups is 1. The fourth-order valence-corrected chi connectivity index (χ4v) is 2.55. The fraction of sp³-hybridized carbons (Fsp3) is 0.105. The van der Waals surface area contributed by atoms with Crippen molar-refractivity contribution < 1.29 is 19.6 Å². The number of nitrogens with one attached hydrogen (secondary N) is 1. The molecular weight excluding hydrogens is 364 g/mol. The summed E-state index contributed by atoms with van der Waals surface area (Å²) in [6.45, 7) is 0.967. The molecule has 1 aromatic heterocycles. The Balaban J connectivity index is 1.80. The Hall–Kier alpha value is -4.19. The number of ether oxygens (including phenoxy) is 1. The van der Waals surface area contributed by atoms with Gasteiger partial charge in [0.1, 0.15) is 18.2 Å². The number of benzene rings is 2. The van der Waals surface area contributed by atoms with Crippen molar-refractivity contribution in [2.45, 2.75) is 6.92 Å². The molecule has 9 heteroatoms. The molecule has 28 heavy (non-hydrogen) atoms. The SMILES string of the molecule is Cc1ccc(C(=O)OC/C(O)=C(\C#N)c2nc3ccccc3[nH]2)cc1[N+](=O)[O-]. The van der Waals surface area contributed by atoms with Crippen LogP contribution in [-0.2, 0) is 4.74 Å². The summed E-state index contributed by atoms with van der Waals surface area (Å²) in [4.78, 5) is 29.6. The van der Waals surface area contributed by atoms with E-state index in [9.17, 15) is 25.3 Å². The molecule has 3 rings (SSSR count). The number of rotatable bonds is 5. The van der Waals surface area contributed by atoms with Crippen LogP contribution in [0.3, 0.4) is 0 Å². The third-order valence-electron chi connectivity index (χ3n) is 4.01. The number of aromatic amines is 1. The molecule has 0 radical (unpaired) electrons. The standard InChI is InChI=1S/C19H14N4O5/c1-11-6-7-12(8-16(11)23(26)27)19(25)28-10-17(24)13(9-20)18-21-14-4-2-3-5-15(14)22-18/h2-8,24H,10H2,1H3,(H,21,22)/b17-13-. The van der Waals surface area contributed by atoms with E-state index in [1.165, 1.54) is 12.1 Å². The average molecular weight is 378 g/mol. The van der Waals surface area contributed by atoms with Gasteiger partial charge >= 0.3 is 5.97 Å². The van der Waals surface area contributed by atoms with Crippen LogP contribution in [0.25, 0.3) is 16.6 Å². The van der Waals surface area contributed by atoms with Gasteiger partial charge in [0.15, 0.2) is 11.6 Å². The number of aliphatic hydroxyl groups is 1. The Bertz CT molecular complexity index is 1120. The average Bonchev–Trinajstić information content (AvgIpc) is 3.10. The van der Waals surface area contributed by atoms with Gasteiger partial charge in [0, 0.05) is 11.6 Å². The number of esters is 1. The molecule has 0 amide bonds. The molecule has 0 fully saturated rings. The Kier molecular flexibility index (Phi) is 5.04. The smallest absolute Gasteiger partial charge is 0.338 e. The number of aliphatic hydroxyl groups excluding tert-OH is 1. The van der Waals surface area contributed by atoms with Crippen LogP contribution in [0.4, 0.5) is 5.69 Å². The second kappa shape index (κ2) is 7.59. The normalized spacial score (nSPS) is 11.6. The van der Waals surface area contributed by atoms with Crippen LogP contribution < -0.4 is 0 Å². The Morgan fingerprint density at radius 2 is 2.11 bits per heavy atom. The second-order valence-corrected chi connectivity index (χ2v) is 5.87. The largest absolute Gasteiger partial charge is 0.507 e. The van der Waals surface area contributed by atoms with E-state index in [2.05, 4.69) is 9.97 Å². The summed E-state index contributed by atoms with van der Waals surface area (Å²) in [5.41, 5.74) is 1.28. The van der Waals surface area contributed by atoms with Crippen LogP contribution in [-0.4, -0.2) is 32.6 Å². The van der Waals surface area contributed by atoms with Gasteiger partial charge in [-0.15, -0.1) is 0 Å². The molecule has 0 saturated heterocycles. The van der Waals surface area contributed by atoms with Crippen molar-refractivity contribution in [2.24, 2.45) is 0 Å². The minimum atomic E-state index is -0.864. The quantitative estimate of drug-likeness (QED) is 0.228. The molecule has 140 valence electrons. The number of fused-ring (bicyclic) bond motifs is 1. The number of hydrogen-bond acceptors (Lipinski definition) is 7. The highest BCUT2D eigenvalue weighted by Gasteiger charge is 2.18. The number of nitriles is 1. The number of allylic oxidation sites excluding steroid dienone is 1. The van der Waals surface area contributed by atoms with Crippen LogP contribution in [0.15, 0.2) is 48.2 Å². The lowest BCUT2D eigenvalue weighted by atomic mass is 10.1. The summed E-state index contributed by atoms with van der Waals surface area (Å²) in [6.07, 6.45) is 0. The molecule has 0 aliphatic heterocycles. The highest BCUT2D eigenvalue weighted by molar-refractivity contribution is 5.90. The van der Waals surface area contributed by atoms with Crippen molar-refractivity contribution in [1.82, 2.24) is 9.97 Å². The zero-order chi connectivity index (χ0) is 20.3. The number of imidazole rings is 1. The molecule has 0 aliphatic carbocycles. The van der Waals surface area contributed by atoms with Crippen molar-refractivity contribution >= 4 is 28.3 Å². The number of aryl methyl sites for hydroxylation is 1. The van der Waals surface area contributed by atoms with Gasteiger partial charge < -0.3 is 14.8 Å². The molecule has 0 atom stereocenters. The Morgan fingerprint density at radius 3 is 2.79 bits per heavy atom. The van der Waals surface area contributed by atoms with E-state index >= 15 is 0 Å². The van der Waals surface area contributed by atoms with E-state index in [1.54, 1.807) is 31.2 Å². The fourth-order valence-electron chi connectivity index (χ4n) is 2.55.